The van der Waals surface area contributed by atoms with Crippen molar-refractivity contribution in [2.24, 2.45) is 0 Å². The van der Waals surface area contributed by atoms with Crippen LogP contribution in [0.5, 0.6) is 5.75 Å². The van der Waals surface area contributed by atoms with Crippen LogP contribution in [0.2, 0.25) is 0 Å². The molecule has 1 aromatic heterocycles. The molecule has 6 heteroatoms. The van der Waals surface area contributed by atoms with E-state index in [0.717, 1.165) is 22.6 Å². The normalized spacial score (nSPS) is 12.3. The Morgan fingerprint density at radius 2 is 1.78 bits per heavy atom. The number of aryl methyl sites for hydroxylation is 1. The number of nitrogens with one attached hydrogen (secondary N) is 1. The molecule has 1 heterocycles. The number of hydrogen-bond acceptors (Lipinski definition) is 4. The molecule has 126 valence electrons. The molecule has 4 nitrogen and oxygen atoms in total. The predicted molar refractivity (Wildman–Crippen MR) is 94.9 cm³/mol. The first-order valence-corrected chi connectivity index (χ1v) is 9.81. The van der Waals surface area contributed by atoms with E-state index < -0.39 is 10.0 Å². The van der Waals surface area contributed by atoms with Crippen LogP contribution in [0.3, 0.4) is 0 Å². The first-order valence-electron chi connectivity index (χ1n) is 7.51. The second-order valence-corrected chi connectivity index (χ2v) is 9.17. The lowest BCUT2D eigenvalue weighted by atomic mass is 9.85. The lowest BCUT2D eigenvalue weighted by Crippen LogP contribution is -2.36. The van der Waals surface area contributed by atoms with E-state index >= 15 is 0 Å². The zero-order valence-electron chi connectivity index (χ0n) is 13.9. The van der Waals surface area contributed by atoms with Gasteiger partial charge in [0.25, 0.3) is 0 Å². The van der Waals surface area contributed by atoms with Gasteiger partial charge in [0.2, 0.25) is 10.0 Å². The van der Waals surface area contributed by atoms with Crippen molar-refractivity contribution in [2.45, 2.75) is 36.8 Å². The molecule has 0 saturated heterocycles. The van der Waals surface area contributed by atoms with Crippen LogP contribution in [0, 0.1) is 0 Å². The maximum atomic E-state index is 12.4. The summed E-state index contributed by atoms with van der Waals surface area (Å²) in [6.07, 6.45) is 0.845. The molecule has 0 fully saturated rings. The molecule has 0 amide bonds. The minimum atomic E-state index is -3.46. The number of thiophene rings is 1. The third-order valence-electron chi connectivity index (χ3n) is 3.83. The first kappa shape index (κ1) is 18.0. The van der Waals surface area contributed by atoms with Crippen molar-refractivity contribution in [1.29, 1.82) is 0 Å². The number of hydrogen-bond donors (Lipinski definition) is 1. The Kier molecular flexibility index (Phi) is 5.49. The zero-order chi connectivity index (χ0) is 17.1. The van der Waals surface area contributed by atoms with E-state index in [4.69, 9.17) is 4.74 Å². The molecular formula is C17H23NO3S2. The Bertz CT molecular complexity index is 746. The van der Waals surface area contributed by atoms with Gasteiger partial charge in [-0.3, -0.25) is 0 Å². The van der Waals surface area contributed by atoms with Crippen LogP contribution in [-0.4, -0.2) is 22.1 Å². The fraction of sp³-hybridized carbons (Fsp3) is 0.412. The van der Waals surface area contributed by atoms with Gasteiger partial charge in [-0.15, -0.1) is 11.3 Å². The maximum Gasteiger partial charge on any atom is 0.250 e. The van der Waals surface area contributed by atoms with Gasteiger partial charge in [-0.25, -0.2) is 13.1 Å². The van der Waals surface area contributed by atoms with Crippen molar-refractivity contribution in [2.75, 3.05) is 13.7 Å². The van der Waals surface area contributed by atoms with Crippen LogP contribution >= 0.6 is 11.3 Å². The van der Waals surface area contributed by atoms with Gasteiger partial charge in [0, 0.05) is 16.8 Å². The third kappa shape index (κ3) is 4.34. The highest BCUT2D eigenvalue weighted by atomic mass is 32.2. The molecule has 1 N–H and O–H groups in total. The van der Waals surface area contributed by atoms with E-state index in [1.165, 1.54) is 11.3 Å². The number of methoxy groups -OCH3 is 1. The van der Waals surface area contributed by atoms with Gasteiger partial charge in [-0.2, -0.15) is 0 Å². The fourth-order valence-electron chi connectivity index (χ4n) is 2.18. The van der Waals surface area contributed by atoms with E-state index in [2.05, 4.69) is 4.72 Å². The van der Waals surface area contributed by atoms with Crippen LogP contribution in [0.1, 0.15) is 31.2 Å². The molecule has 0 radical (unpaired) electrons. The topological polar surface area (TPSA) is 55.4 Å². The van der Waals surface area contributed by atoms with Crippen LogP contribution in [0.15, 0.2) is 40.6 Å². The number of benzene rings is 1. The molecule has 0 aliphatic heterocycles. The Morgan fingerprint density at radius 3 is 2.30 bits per heavy atom. The van der Waals surface area contributed by atoms with E-state index in [0.29, 0.717) is 10.8 Å². The van der Waals surface area contributed by atoms with Crippen molar-refractivity contribution < 1.29 is 13.2 Å². The average molecular weight is 354 g/mol. The predicted octanol–water partition coefficient (Wildman–Crippen LogP) is 3.58. The second kappa shape index (κ2) is 7.03. The summed E-state index contributed by atoms with van der Waals surface area (Å²) in [6.45, 7) is 6.38. The zero-order valence-corrected chi connectivity index (χ0v) is 15.6. The summed E-state index contributed by atoms with van der Waals surface area (Å²) in [5.41, 5.74) is 0.742. The van der Waals surface area contributed by atoms with Gasteiger partial charge in [0.1, 0.15) is 9.96 Å². The highest BCUT2D eigenvalue weighted by Gasteiger charge is 2.25. The molecule has 0 aliphatic rings. The number of rotatable bonds is 7. The van der Waals surface area contributed by atoms with E-state index in [1.807, 2.05) is 51.1 Å². The van der Waals surface area contributed by atoms with Crippen LogP contribution in [0.25, 0.3) is 0 Å². The van der Waals surface area contributed by atoms with Gasteiger partial charge < -0.3 is 4.74 Å². The van der Waals surface area contributed by atoms with Gasteiger partial charge in [0.15, 0.2) is 0 Å². The van der Waals surface area contributed by atoms with Crippen molar-refractivity contribution in [1.82, 2.24) is 4.72 Å². The number of ether oxygens (including phenoxy) is 1. The second-order valence-electron chi connectivity index (χ2n) is 6.01. The van der Waals surface area contributed by atoms with Gasteiger partial charge in [-0.1, -0.05) is 32.9 Å². The molecule has 0 atom stereocenters. The minimum absolute atomic E-state index is 0.315. The Morgan fingerprint density at radius 1 is 1.13 bits per heavy atom. The highest BCUT2D eigenvalue weighted by Crippen LogP contribution is 2.26. The first-order chi connectivity index (χ1) is 10.8. The SMILES string of the molecule is CCc1ccc(S(=O)(=O)NCC(C)(C)c2ccc(OC)cc2)s1. The quantitative estimate of drug-likeness (QED) is 0.828. The average Bonchev–Trinajstić information content (AvgIpc) is 3.03. The summed E-state index contributed by atoms with van der Waals surface area (Å²) in [6, 6.07) is 11.2. The van der Waals surface area contributed by atoms with Gasteiger partial charge in [-0.05, 0) is 36.2 Å². The van der Waals surface area contributed by atoms with Crippen LogP contribution in [-0.2, 0) is 21.9 Å². The van der Waals surface area contributed by atoms with E-state index in [9.17, 15) is 8.42 Å². The number of sulfonamides is 1. The molecule has 0 aliphatic carbocycles. The smallest absolute Gasteiger partial charge is 0.250 e. The Balaban J connectivity index is 2.10. The van der Waals surface area contributed by atoms with E-state index in [-0.39, 0.29) is 5.41 Å². The molecule has 2 aromatic rings. The monoisotopic (exact) mass is 353 g/mol. The summed E-state index contributed by atoms with van der Waals surface area (Å²) in [5, 5.41) is 0. The summed E-state index contributed by atoms with van der Waals surface area (Å²) in [4.78, 5) is 1.07. The molecule has 0 spiro atoms. The Labute approximate surface area is 142 Å². The van der Waals surface area contributed by atoms with Crippen molar-refractivity contribution in [3.63, 3.8) is 0 Å². The molecular weight excluding hydrogens is 330 g/mol. The van der Waals surface area contributed by atoms with Crippen molar-refractivity contribution >= 4 is 21.4 Å². The molecule has 23 heavy (non-hydrogen) atoms. The molecule has 0 unspecified atom stereocenters. The highest BCUT2D eigenvalue weighted by molar-refractivity contribution is 7.91. The minimum Gasteiger partial charge on any atom is -0.497 e. The summed E-state index contributed by atoms with van der Waals surface area (Å²) >= 11 is 1.32. The largest absolute Gasteiger partial charge is 0.497 e. The summed E-state index contributed by atoms with van der Waals surface area (Å²) in [7, 11) is -1.83. The lowest BCUT2D eigenvalue weighted by Gasteiger charge is -2.25. The van der Waals surface area contributed by atoms with Gasteiger partial charge in [0.05, 0.1) is 7.11 Å². The standard InChI is InChI=1S/C17H23NO3S2/c1-5-15-10-11-16(22-15)23(19,20)18-12-17(2,3)13-6-8-14(21-4)9-7-13/h6-11,18H,5,12H2,1-4H3. The molecule has 0 bridgehead atoms. The van der Waals surface area contributed by atoms with Crippen LogP contribution in [0.4, 0.5) is 0 Å². The van der Waals surface area contributed by atoms with Gasteiger partial charge >= 0.3 is 0 Å². The molecule has 2 rings (SSSR count). The third-order valence-corrected chi connectivity index (χ3v) is 6.95. The maximum absolute atomic E-state index is 12.4. The van der Waals surface area contributed by atoms with Crippen LogP contribution < -0.4 is 9.46 Å². The summed E-state index contributed by atoms with van der Waals surface area (Å²) < 4.78 is 33.1. The van der Waals surface area contributed by atoms with E-state index in [1.54, 1.807) is 13.2 Å². The molecule has 1 aromatic carbocycles. The summed E-state index contributed by atoms with van der Waals surface area (Å²) in [5.74, 6) is 0.788. The Hall–Kier alpha value is -1.37. The fourth-order valence-corrected chi connectivity index (χ4v) is 4.74. The molecule has 0 saturated carbocycles. The van der Waals surface area contributed by atoms with Crippen molar-refractivity contribution in [3.05, 3.63) is 46.8 Å². The van der Waals surface area contributed by atoms with Crippen molar-refractivity contribution in [3.8, 4) is 5.75 Å². The lowest BCUT2D eigenvalue weighted by molar-refractivity contribution is 0.414.